The zero-order valence-electron chi connectivity index (χ0n) is 13.8. The van der Waals surface area contributed by atoms with Crippen LogP contribution < -0.4 is 16.0 Å². The molecule has 24 heavy (non-hydrogen) atoms. The minimum absolute atomic E-state index is 0.278. The molecule has 1 aromatic carbocycles. The summed E-state index contributed by atoms with van der Waals surface area (Å²) in [5.41, 5.74) is -1.21. The highest BCUT2D eigenvalue weighted by Gasteiger charge is 2.52. The normalized spacial score (nSPS) is 13.8. The summed E-state index contributed by atoms with van der Waals surface area (Å²) in [6, 6.07) is 3.66. The Morgan fingerprint density at radius 3 is 2.33 bits per heavy atom. The highest BCUT2D eigenvalue weighted by Crippen LogP contribution is 2.30. The van der Waals surface area contributed by atoms with Crippen LogP contribution in [-0.4, -0.2) is 37.4 Å². The lowest BCUT2D eigenvalue weighted by atomic mass is 10.0. The van der Waals surface area contributed by atoms with Gasteiger partial charge in [0.15, 0.2) is 5.54 Å². The zero-order valence-corrected chi connectivity index (χ0v) is 13.8. The van der Waals surface area contributed by atoms with Gasteiger partial charge in [-0.2, -0.15) is 13.2 Å². The van der Waals surface area contributed by atoms with Crippen LogP contribution >= 0.6 is 0 Å². The molecule has 0 radical (unpaired) electrons. The number of carbonyl (C=O) groups excluding carboxylic acids is 2. The third-order valence-corrected chi connectivity index (χ3v) is 3.25. The van der Waals surface area contributed by atoms with Gasteiger partial charge in [-0.05, 0) is 31.5 Å². The first-order valence-electron chi connectivity index (χ1n) is 7.01. The molecule has 3 amide bonds. The van der Waals surface area contributed by atoms with E-state index in [1.807, 2.05) is 5.32 Å². The maximum Gasteiger partial charge on any atom is 0.413 e. The van der Waals surface area contributed by atoms with Crippen molar-refractivity contribution >= 4 is 23.3 Å². The van der Waals surface area contributed by atoms with Crippen LogP contribution in [-0.2, 0) is 9.53 Å². The second kappa shape index (κ2) is 7.52. The largest absolute Gasteiger partial charge is 0.413 e. The third-order valence-electron chi connectivity index (χ3n) is 3.25. The van der Waals surface area contributed by atoms with Gasteiger partial charge in [-0.25, -0.2) is 4.79 Å². The van der Waals surface area contributed by atoms with Gasteiger partial charge in [0.1, 0.15) is 0 Å². The Balaban J connectivity index is 2.92. The SMILES string of the molecule is COCC(C)(NC(=O)Nc1cc(NC(C)=O)ccc1C)C(F)(F)F. The van der Waals surface area contributed by atoms with Crippen molar-refractivity contribution in [3.8, 4) is 0 Å². The molecule has 1 unspecified atom stereocenters. The van der Waals surface area contributed by atoms with Gasteiger partial charge in [0.2, 0.25) is 5.91 Å². The predicted molar refractivity (Wildman–Crippen MR) is 84.0 cm³/mol. The van der Waals surface area contributed by atoms with E-state index >= 15 is 0 Å². The molecule has 0 fully saturated rings. The Hall–Kier alpha value is -2.29. The fourth-order valence-electron chi connectivity index (χ4n) is 1.92. The number of carbonyl (C=O) groups is 2. The molecule has 0 aliphatic carbocycles. The Bertz CT molecular complexity index is 620. The predicted octanol–water partition coefficient (Wildman–Crippen LogP) is 3.04. The second-order valence-corrected chi connectivity index (χ2v) is 5.55. The highest BCUT2D eigenvalue weighted by atomic mass is 19.4. The molecule has 0 aliphatic heterocycles. The van der Waals surface area contributed by atoms with Gasteiger partial charge in [-0.15, -0.1) is 0 Å². The third kappa shape index (κ3) is 5.12. The number of amides is 3. The molecule has 3 N–H and O–H groups in total. The van der Waals surface area contributed by atoms with Crippen LogP contribution in [0.5, 0.6) is 0 Å². The molecule has 6 nitrogen and oxygen atoms in total. The van der Waals surface area contributed by atoms with E-state index in [0.29, 0.717) is 11.3 Å². The van der Waals surface area contributed by atoms with E-state index in [-0.39, 0.29) is 11.6 Å². The van der Waals surface area contributed by atoms with E-state index < -0.39 is 24.4 Å². The average Bonchev–Trinajstić information content (AvgIpc) is 2.40. The number of benzene rings is 1. The van der Waals surface area contributed by atoms with E-state index in [1.165, 1.54) is 13.0 Å². The van der Waals surface area contributed by atoms with Gasteiger partial charge in [-0.3, -0.25) is 4.79 Å². The van der Waals surface area contributed by atoms with Crippen molar-refractivity contribution in [2.24, 2.45) is 0 Å². The number of ether oxygens (including phenoxy) is 1. The van der Waals surface area contributed by atoms with Gasteiger partial charge in [-0.1, -0.05) is 6.07 Å². The number of rotatable bonds is 5. The fraction of sp³-hybridized carbons (Fsp3) is 0.467. The standard InChI is InChI=1S/C15H20F3N3O3/c1-9-5-6-11(19-10(2)22)7-12(9)20-13(23)21-14(3,8-24-4)15(16,17)18/h5-7H,8H2,1-4H3,(H,19,22)(H2,20,21,23). The molecule has 0 heterocycles. The van der Waals surface area contributed by atoms with E-state index in [2.05, 4.69) is 15.4 Å². The molecule has 134 valence electrons. The Kier molecular flexibility index (Phi) is 6.19. The number of anilines is 2. The molecule has 1 rings (SSSR count). The van der Waals surface area contributed by atoms with Gasteiger partial charge in [0.05, 0.1) is 6.61 Å². The van der Waals surface area contributed by atoms with Crippen molar-refractivity contribution in [1.82, 2.24) is 5.32 Å². The van der Waals surface area contributed by atoms with E-state index in [0.717, 1.165) is 14.0 Å². The van der Waals surface area contributed by atoms with Crippen molar-refractivity contribution in [3.05, 3.63) is 23.8 Å². The smallest absolute Gasteiger partial charge is 0.382 e. The van der Waals surface area contributed by atoms with E-state index in [1.54, 1.807) is 19.1 Å². The Morgan fingerprint density at radius 1 is 1.21 bits per heavy atom. The Labute approximate surface area is 137 Å². The van der Waals surface area contributed by atoms with Crippen LogP contribution in [0.3, 0.4) is 0 Å². The molecule has 0 aromatic heterocycles. The van der Waals surface area contributed by atoms with Crippen molar-refractivity contribution in [2.75, 3.05) is 24.4 Å². The van der Waals surface area contributed by atoms with Gasteiger partial charge < -0.3 is 20.7 Å². The zero-order chi connectivity index (χ0) is 18.5. The molecule has 0 aliphatic rings. The summed E-state index contributed by atoms with van der Waals surface area (Å²) in [6.07, 6.45) is -4.69. The van der Waals surface area contributed by atoms with Crippen LogP contribution in [0.4, 0.5) is 29.3 Å². The number of alkyl halides is 3. The van der Waals surface area contributed by atoms with Gasteiger partial charge in [0.25, 0.3) is 0 Å². The van der Waals surface area contributed by atoms with E-state index in [9.17, 15) is 22.8 Å². The number of methoxy groups -OCH3 is 1. The maximum atomic E-state index is 13.1. The van der Waals surface area contributed by atoms with Crippen LogP contribution in [0.15, 0.2) is 18.2 Å². The summed E-state index contributed by atoms with van der Waals surface area (Å²) in [7, 11) is 1.12. The number of urea groups is 1. The quantitative estimate of drug-likeness (QED) is 0.766. The summed E-state index contributed by atoms with van der Waals surface area (Å²) in [6.45, 7) is 3.09. The fourth-order valence-corrected chi connectivity index (χ4v) is 1.92. The first kappa shape index (κ1) is 19.8. The van der Waals surface area contributed by atoms with Crippen LogP contribution in [0.1, 0.15) is 19.4 Å². The lowest BCUT2D eigenvalue weighted by Crippen LogP contribution is -2.60. The second-order valence-electron chi connectivity index (χ2n) is 5.55. The molecule has 0 saturated heterocycles. The topological polar surface area (TPSA) is 79.5 Å². The highest BCUT2D eigenvalue weighted by molar-refractivity contribution is 5.93. The van der Waals surface area contributed by atoms with Crippen LogP contribution in [0.2, 0.25) is 0 Å². The molecule has 1 atom stereocenters. The average molecular weight is 347 g/mol. The lowest BCUT2D eigenvalue weighted by Gasteiger charge is -2.32. The summed E-state index contributed by atoms with van der Waals surface area (Å²) in [4.78, 5) is 23.0. The monoisotopic (exact) mass is 347 g/mol. The maximum absolute atomic E-state index is 13.1. The van der Waals surface area contributed by atoms with Crippen molar-refractivity contribution < 1.29 is 27.5 Å². The molecular weight excluding hydrogens is 327 g/mol. The van der Waals surface area contributed by atoms with Crippen molar-refractivity contribution in [2.45, 2.75) is 32.5 Å². The minimum atomic E-state index is -4.69. The molecule has 0 saturated carbocycles. The summed E-state index contributed by atoms with van der Waals surface area (Å²) < 4.78 is 43.9. The first-order chi connectivity index (χ1) is 11.0. The molecule has 9 heteroatoms. The number of hydrogen-bond acceptors (Lipinski definition) is 3. The number of nitrogens with one attached hydrogen (secondary N) is 3. The summed E-state index contributed by atoms with van der Waals surface area (Å²) in [5, 5.41) is 6.76. The number of aryl methyl sites for hydroxylation is 1. The van der Waals surface area contributed by atoms with Crippen molar-refractivity contribution in [3.63, 3.8) is 0 Å². The van der Waals surface area contributed by atoms with Gasteiger partial charge >= 0.3 is 12.2 Å². The summed E-state index contributed by atoms with van der Waals surface area (Å²) >= 11 is 0. The van der Waals surface area contributed by atoms with Gasteiger partial charge in [0, 0.05) is 25.4 Å². The van der Waals surface area contributed by atoms with Crippen LogP contribution in [0, 0.1) is 6.92 Å². The Morgan fingerprint density at radius 2 is 1.83 bits per heavy atom. The number of hydrogen-bond donors (Lipinski definition) is 3. The molecular formula is C15H20F3N3O3. The first-order valence-corrected chi connectivity index (χ1v) is 7.01. The number of halogens is 3. The summed E-state index contributed by atoms with van der Waals surface area (Å²) in [5.74, 6) is -0.306. The van der Waals surface area contributed by atoms with Crippen molar-refractivity contribution in [1.29, 1.82) is 0 Å². The molecule has 0 spiro atoms. The van der Waals surface area contributed by atoms with Crippen LogP contribution in [0.25, 0.3) is 0 Å². The lowest BCUT2D eigenvalue weighted by molar-refractivity contribution is -0.199. The molecule has 0 bridgehead atoms. The minimum Gasteiger partial charge on any atom is -0.382 e. The van der Waals surface area contributed by atoms with E-state index in [4.69, 9.17) is 0 Å². The molecule has 1 aromatic rings.